The first-order chi connectivity index (χ1) is 10.2. The number of anilines is 2. The Morgan fingerprint density at radius 2 is 1.81 bits per heavy atom. The van der Waals surface area contributed by atoms with Crippen molar-refractivity contribution in [1.29, 1.82) is 0 Å². The number of piperazine rings is 1. The van der Waals surface area contributed by atoms with Crippen LogP contribution in [0.5, 0.6) is 0 Å². The van der Waals surface area contributed by atoms with Crippen molar-refractivity contribution in [3.63, 3.8) is 0 Å². The molecule has 6 heteroatoms. The van der Waals surface area contributed by atoms with E-state index in [0.29, 0.717) is 5.82 Å². The third kappa shape index (κ3) is 2.99. The third-order valence-corrected chi connectivity index (χ3v) is 3.74. The van der Waals surface area contributed by atoms with E-state index in [4.69, 9.17) is 0 Å². The summed E-state index contributed by atoms with van der Waals surface area (Å²) in [4.78, 5) is 16.4. The number of carbonyl (C=O) groups excluding carboxylic acids is 1. The molecule has 2 aromatic rings. The number of amides is 2. The van der Waals surface area contributed by atoms with Crippen molar-refractivity contribution in [1.82, 2.24) is 14.7 Å². The first-order valence-electron chi connectivity index (χ1n) is 7.08. The van der Waals surface area contributed by atoms with E-state index in [0.717, 1.165) is 26.2 Å². The summed E-state index contributed by atoms with van der Waals surface area (Å²) in [5.74, 6) is 0.713. The van der Waals surface area contributed by atoms with Crippen LogP contribution in [-0.4, -0.2) is 46.9 Å². The van der Waals surface area contributed by atoms with Gasteiger partial charge in [-0.2, -0.15) is 5.10 Å². The maximum Gasteiger partial charge on any atom is 0.323 e. The van der Waals surface area contributed by atoms with Gasteiger partial charge < -0.3 is 9.80 Å². The number of hydrogen-bond donors (Lipinski definition) is 1. The van der Waals surface area contributed by atoms with Crippen LogP contribution in [0.3, 0.4) is 0 Å². The van der Waals surface area contributed by atoms with Gasteiger partial charge in [-0.3, -0.25) is 10.00 Å². The molecule has 110 valence electrons. The van der Waals surface area contributed by atoms with Crippen LogP contribution in [-0.2, 0) is 7.05 Å². The fourth-order valence-electron chi connectivity index (χ4n) is 2.49. The highest BCUT2D eigenvalue weighted by Gasteiger charge is 2.21. The predicted molar refractivity (Wildman–Crippen MR) is 82.5 cm³/mol. The number of rotatable bonds is 2. The lowest BCUT2D eigenvalue weighted by molar-refractivity contribution is 0.208. The smallest absolute Gasteiger partial charge is 0.323 e. The number of aromatic nitrogens is 2. The van der Waals surface area contributed by atoms with E-state index in [1.54, 1.807) is 16.9 Å². The Morgan fingerprint density at radius 1 is 1.10 bits per heavy atom. The molecule has 0 saturated carbocycles. The number of urea groups is 1. The van der Waals surface area contributed by atoms with Gasteiger partial charge in [-0.1, -0.05) is 18.2 Å². The van der Waals surface area contributed by atoms with Crippen LogP contribution in [0.4, 0.5) is 16.3 Å². The van der Waals surface area contributed by atoms with Gasteiger partial charge in [0.05, 0.1) is 6.20 Å². The Bertz CT molecular complexity index is 602. The number of aryl methyl sites for hydroxylation is 1. The lowest BCUT2D eigenvalue weighted by Crippen LogP contribution is -2.50. The van der Waals surface area contributed by atoms with Crippen LogP contribution in [0.15, 0.2) is 42.6 Å². The van der Waals surface area contributed by atoms with Crippen LogP contribution in [0.1, 0.15) is 0 Å². The topological polar surface area (TPSA) is 53.4 Å². The van der Waals surface area contributed by atoms with Gasteiger partial charge in [0.1, 0.15) is 5.82 Å². The van der Waals surface area contributed by atoms with E-state index < -0.39 is 0 Å². The molecule has 0 unspecified atom stereocenters. The van der Waals surface area contributed by atoms with Gasteiger partial charge in [-0.05, 0) is 12.1 Å². The summed E-state index contributed by atoms with van der Waals surface area (Å²) >= 11 is 0. The Morgan fingerprint density at radius 3 is 2.43 bits per heavy atom. The molecule has 3 rings (SSSR count). The zero-order valence-corrected chi connectivity index (χ0v) is 12.1. The number of nitrogens with one attached hydrogen (secondary N) is 1. The summed E-state index contributed by atoms with van der Waals surface area (Å²) in [7, 11) is 1.81. The molecule has 0 spiro atoms. The molecule has 1 aliphatic heterocycles. The zero-order chi connectivity index (χ0) is 14.7. The Hall–Kier alpha value is -2.50. The van der Waals surface area contributed by atoms with Crippen LogP contribution in [0.2, 0.25) is 0 Å². The normalized spacial score (nSPS) is 15.1. The molecule has 1 aliphatic rings. The van der Waals surface area contributed by atoms with Crippen molar-refractivity contribution < 1.29 is 4.79 Å². The first-order valence-corrected chi connectivity index (χ1v) is 7.08. The quantitative estimate of drug-likeness (QED) is 0.915. The lowest BCUT2D eigenvalue weighted by Gasteiger charge is -2.36. The van der Waals surface area contributed by atoms with E-state index in [2.05, 4.69) is 27.4 Å². The molecule has 0 bridgehead atoms. The Kier molecular flexibility index (Phi) is 3.77. The molecule has 21 heavy (non-hydrogen) atoms. The standard InChI is InChI=1S/C15H19N5O/c1-18-14(7-8-16-18)17-15(21)20-11-9-19(10-12-20)13-5-3-2-4-6-13/h2-8H,9-12H2,1H3,(H,17,21). The fourth-order valence-corrected chi connectivity index (χ4v) is 2.49. The highest BCUT2D eigenvalue weighted by atomic mass is 16.2. The first kappa shape index (κ1) is 13.5. The summed E-state index contributed by atoms with van der Waals surface area (Å²) < 4.78 is 1.65. The predicted octanol–water partition coefficient (Wildman–Crippen LogP) is 1.77. The summed E-state index contributed by atoms with van der Waals surface area (Å²) in [6.45, 7) is 3.14. The highest BCUT2D eigenvalue weighted by molar-refractivity contribution is 5.88. The van der Waals surface area contributed by atoms with Gasteiger partial charge in [0, 0.05) is 45.0 Å². The average Bonchev–Trinajstić information content (AvgIpc) is 2.93. The molecule has 1 saturated heterocycles. The Balaban J connectivity index is 1.56. The number of hydrogen-bond acceptors (Lipinski definition) is 3. The van der Waals surface area contributed by atoms with Gasteiger partial charge in [-0.25, -0.2) is 4.79 Å². The van der Waals surface area contributed by atoms with Crippen molar-refractivity contribution in [2.24, 2.45) is 7.05 Å². The van der Waals surface area contributed by atoms with E-state index in [-0.39, 0.29) is 6.03 Å². The van der Waals surface area contributed by atoms with Crippen molar-refractivity contribution in [2.45, 2.75) is 0 Å². The molecule has 1 aromatic heterocycles. The van der Waals surface area contributed by atoms with E-state index in [1.807, 2.05) is 30.1 Å². The largest absolute Gasteiger partial charge is 0.368 e. The molecule has 0 aliphatic carbocycles. The fraction of sp³-hybridized carbons (Fsp3) is 0.333. The molecule has 6 nitrogen and oxygen atoms in total. The van der Waals surface area contributed by atoms with Crippen molar-refractivity contribution in [3.05, 3.63) is 42.6 Å². The van der Waals surface area contributed by atoms with E-state index in [9.17, 15) is 4.79 Å². The monoisotopic (exact) mass is 285 g/mol. The highest BCUT2D eigenvalue weighted by Crippen LogP contribution is 2.16. The molecule has 1 fully saturated rings. The van der Waals surface area contributed by atoms with Gasteiger partial charge in [0.25, 0.3) is 0 Å². The van der Waals surface area contributed by atoms with Crippen LogP contribution in [0, 0.1) is 0 Å². The summed E-state index contributed by atoms with van der Waals surface area (Å²) in [5.41, 5.74) is 1.21. The molecular formula is C15H19N5O. The molecular weight excluding hydrogens is 266 g/mol. The van der Waals surface area contributed by atoms with Crippen LogP contribution >= 0.6 is 0 Å². The van der Waals surface area contributed by atoms with Crippen molar-refractivity contribution in [2.75, 3.05) is 36.4 Å². The number of benzene rings is 1. The van der Waals surface area contributed by atoms with Crippen LogP contribution in [0.25, 0.3) is 0 Å². The SMILES string of the molecule is Cn1nccc1NC(=O)N1CCN(c2ccccc2)CC1. The van der Waals surface area contributed by atoms with E-state index >= 15 is 0 Å². The molecule has 1 aromatic carbocycles. The minimum absolute atomic E-state index is 0.0636. The van der Waals surface area contributed by atoms with Gasteiger partial charge >= 0.3 is 6.03 Å². The van der Waals surface area contributed by atoms with Crippen molar-refractivity contribution >= 4 is 17.5 Å². The van der Waals surface area contributed by atoms with Gasteiger partial charge in [-0.15, -0.1) is 0 Å². The molecule has 0 atom stereocenters. The second kappa shape index (κ2) is 5.87. The summed E-state index contributed by atoms with van der Waals surface area (Å²) in [5, 5.41) is 6.93. The number of carbonyl (C=O) groups is 1. The van der Waals surface area contributed by atoms with Gasteiger partial charge in [0.2, 0.25) is 0 Å². The number of para-hydroxylation sites is 1. The summed E-state index contributed by atoms with van der Waals surface area (Å²) in [6.07, 6.45) is 1.67. The minimum Gasteiger partial charge on any atom is -0.368 e. The molecule has 1 N–H and O–H groups in total. The Labute approximate surface area is 124 Å². The van der Waals surface area contributed by atoms with Gasteiger partial charge in [0.15, 0.2) is 0 Å². The molecule has 2 heterocycles. The molecule has 0 radical (unpaired) electrons. The maximum atomic E-state index is 12.2. The maximum absolute atomic E-state index is 12.2. The summed E-state index contributed by atoms with van der Waals surface area (Å²) in [6, 6.07) is 12.0. The average molecular weight is 285 g/mol. The lowest BCUT2D eigenvalue weighted by atomic mass is 10.2. The minimum atomic E-state index is -0.0636. The van der Waals surface area contributed by atoms with E-state index in [1.165, 1.54) is 5.69 Å². The second-order valence-corrected chi connectivity index (χ2v) is 5.08. The molecule has 2 amide bonds. The van der Waals surface area contributed by atoms with Crippen LogP contribution < -0.4 is 10.2 Å². The second-order valence-electron chi connectivity index (χ2n) is 5.08. The van der Waals surface area contributed by atoms with Crippen molar-refractivity contribution in [3.8, 4) is 0 Å². The number of nitrogens with zero attached hydrogens (tertiary/aromatic N) is 4. The zero-order valence-electron chi connectivity index (χ0n) is 12.1. The third-order valence-electron chi connectivity index (χ3n) is 3.74.